The maximum atomic E-state index is 12.9. The molecule has 1 amide bonds. The molecule has 0 aliphatic carbocycles. The summed E-state index contributed by atoms with van der Waals surface area (Å²) in [7, 11) is 3.31. The SMILES string of the molecule is COc1ccc(C(OC[C@H]2[CH]C[C@H](n3ccc4c(NC(=O)c5ccccc5)ncnc43)O2)(c2ccccc2)c2ccc(OC)cc2)cc1. The summed E-state index contributed by atoms with van der Waals surface area (Å²) in [5.41, 5.74) is 3.15. The molecule has 1 saturated heterocycles. The van der Waals surface area contributed by atoms with E-state index in [4.69, 9.17) is 18.9 Å². The number of ether oxygens (including phenoxy) is 4. The fraction of sp³-hybridized carbons (Fsp3) is 0.179. The van der Waals surface area contributed by atoms with E-state index < -0.39 is 5.60 Å². The lowest BCUT2D eigenvalue weighted by molar-refractivity contribution is -0.0701. The molecule has 0 bridgehead atoms. The average Bonchev–Trinajstić information content (AvgIpc) is 3.81. The van der Waals surface area contributed by atoms with Gasteiger partial charge in [-0.1, -0.05) is 72.8 Å². The summed E-state index contributed by atoms with van der Waals surface area (Å²) < 4.78 is 26.6. The van der Waals surface area contributed by atoms with Crippen molar-refractivity contribution in [2.24, 2.45) is 0 Å². The molecule has 0 saturated carbocycles. The molecule has 4 aromatic carbocycles. The van der Waals surface area contributed by atoms with E-state index in [-0.39, 0.29) is 24.8 Å². The van der Waals surface area contributed by atoms with Crippen LogP contribution < -0.4 is 14.8 Å². The molecule has 6 aromatic rings. The number of rotatable bonds is 11. The molecule has 1 aliphatic heterocycles. The Balaban J connectivity index is 1.15. The number of hydrogen-bond acceptors (Lipinski definition) is 7. The summed E-state index contributed by atoms with van der Waals surface area (Å²) in [5, 5.41) is 3.65. The Bertz CT molecular complexity index is 1930. The molecule has 1 fully saturated rings. The number of hydrogen-bond donors (Lipinski definition) is 1. The highest BCUT2D eigenvalue weighted by molar-refractivity contribution is 6.07. The van der Waals surface area contributed by atoms with Gasteiger partial charge in [0.05, 0.1) is 32.3 Å². The number of nitrogens with one attached hydrogen (secondary N) is 1. The molecule has 0 unspecified atom stereocenters. The molecule has 1 N–H and O–H groups in total. The third-order valence-electron chi connectivity index (χ3n) is 8.66. The molecule has 9 nitrogen and oxygen atoms in total. The molecule has 1 radical (unpaired) electrons. The first kappa shape index (κ1) is 31.1. The summed E-state index contributed by atoms with van der Waals surface area (Å²) in [6.07, 6.45) is 5.55. The van der Waals surface area contributed by atoms with Crippen molar-refractivity contribution in [3.8, 4) is 11.5 Å². The van der Waals surface area contributed by atoms with Gasteiger partial charge in [-0.3, -0.25) is 4.79 Å². The minimum atomic E-state index is -0.950. The van der Waals surface area contributed by atoms with Crippen LogP contribution in [0.25, 0.3) is 11.0 Å². The summed E-state index contributed by atoms with van der Waals surface area (Å²) in [6, 6.07) is 37.1. The summed E-state index contributed by atoms with van der Waals surface area (Å²) >= 11 is 0. The minimum Gasteiger partial charge on any atom is -0.497 e. The Hall–Kier alpha value is -5.51. The molecule has 2 aromatic heterocycles. The van der Waals surface area contributed by atoms with Crippen LogP contribution >= 0.6 is 0 Å². The van der Waals surface area contributed by atoms with Crippen molar-refractivity contribution >= 4 is 22.8 Å². The van der Waals surface area contributed by atoms with Crippen LogP contribution in [0.5, 0.6) is 11.5 Å². The van der Waals surface area contributed by atoms with E-state index in [1.807, 2.05) is 102 Å². The van der Waals surface area contributed by atoms with E-state index in [1.165, 1.54) is 6.33 Å². The molecule has 241 valence electrons. The van der Waals surface area contributed by atoms with Gasteiger partial charge in [-0.2, -0.15) is 0 Å². The number of amides is 1. The Morgan fingerprint density at radius 3 is 2.04 bits per heavy atom. The number of nitrogens with zero attached hydrogens (tertiary/aromatic N) is 3. The number of fused-ring (bicyclic) bond motifs is 1. The molecule has 7 rings (SSSR count). The van der Waals surface area contributed by atoms with Crippen molar-refractivity contribution in [3.63, 3.8) is 0 Å². The lowest BCUT2D eigenvalue weighted by Gasteiger charge is -2.37. The first-order valence-corrected chi connectivity index (χ1v) is 15.7. The second-order valence-corrected chi connectivity index (χ2v) is 11.4. The van der Waals surface area contributed by atoms with Gasteiger partial charge in [-0.25, -0.2) is 9.97 Å². The minimum absolute atomic E-state index is 0.235. The van der Waals surface area contributed by atoms with Gasteiger partial charge in [0.2, 0.25) is 0 Å². The molecule has 48 heavy (non-hydrogen) atoms. The highest BCUT2D eigenvalue weighted by Crippen LogP contribution is 2.43. The zero-order valence-corrected chi connectivity index (χ0v) is 26.7. The third kappa shape index (κ3) is 6.01. The first-order chi connectivity index (χ1) is 23.6. The van der Waals surface area contributed by atoms with Crippen molar-refractivity contribution in [1.82, 2.24) is 14.5 Å². The Morgan fingerprint density at radius 1 is 0.812 bits per heavy atom. The van der Waals surface area contributed by atoms with Gasteiger partial charge in [-0.05, 0) is 72.0 Å². The second-order valence-electron chi connectivity index (χ2n) is 11.4. The van der Waals surface area contributed by atoms with E-state index in [9.17, 15) is 4.79 Å². The van der Waals surface area contributed by atoms with Crippen molar-refractivity contribution < 1.29 is 23.7 Å². The molecule has 3 heterocycles. The Kier molecular flexibility index (Phi) is 8.87. The summed E-state index contributed by atoms with van der Waals surface area (Å²) in [5.74, 6) is 1.73. The van der Waals surface area contributed by atoms with E-state index >= 15 is 0 Å². The van der Waals surface area contributed by atoms with E-state index in [1.54, 1.807) is 26.4 Å². The van der Waals surface area contributed by atoms with Crippen LogP contribution in [-0.4, -0.2) is 47.4 Å². The Morgan fingerprint density at radius 2 is 1.42 bits per heavy atom. The third-order valence-corrected chi connectivity index (χ3v) is 8.66. The number of anilines is 1. The number of carbonyl (C=O) groups is 1. The van der Waals surface area contributed by atoms with E-state index in [0.29, 0.717) is 23.4 Å². The maximum absolute atomic E-state index is 12.9. The van der Waals surface area contributed by atoms with Gasteiger partial charge >= 0.3 is 0 Å². The number of benzene rings is 4. The van der Waals surface area contributed by atoms with Crippen LogP contribution in [0.15, 0.2) is 128 Å². The highest BCUT2D eigenvalue weighted by Gasteiger charge is 2.40. The zero-order valence-electron chi connectivity index (χ0n) is 26.7. The highest BCUT2D eigenvalue weighted by atomic mass is 16.6. The van der Waals surface area contributed by atoms with Gasteiger partial charge in [-0.15, -0.1) is 0 Å². The van der Waals surface area contributed by atoms with Gasteiger partial charge in [0, 0.05) is 11.8 Å². The summed E-state index contributed by atoms with van der Waals surface area (Å²) in [6.45, 7) is 0.288. The molecular formula is C39H35N4O5. The van der Waals surface area contributed by atoms with Crippen LogP contribution in [0.2, 0.25) is 0 Å². The fourth-order valence-corrected chi connectivity index (χ4v) is 6.22. The number of methoxy groups -OCH3 is 2. The summed E-state index contributed by atoms with van der Waals surface area (Å²) in [4.78, 5) is 21.7. The largest absolute Gasteiger partial charge is 0.497 e. The van der Waals surface area contributed by atoms with E-state index in [0.717, 1.165) is 33.6 Å². The molecular weight excluding hydrogens is 604 g/mol. The number of carbonyl (C=O) groups excluding carboxylic acids is 1. The van der Waals surface area contributed by atoms with Crippen LogP contribution in [-0.2, 0) is 15.1 Å². The van der Waals surface area contributed by atoms with Crippen LogP contribution in [0.4, 0.5) is 5.82 Å². The standard InChI is InChI=1S/C39H35N4O5/c1-45-31-17-13-29(14-18-31)39(28-11-7-4-8-12-28,30-15-19-32(46-2)20-16-30)47-25-33-21-22-35(48-33)43-24-23-34-36(40-26-41-37(34)43)42-38(44)27-9-5-3-6-10-27/h3-21,23-24,26,33,35H,22,25H2,1-2H3,(H,40,41,42,44)/t33-,35-/m1/s1. The molecule has 1 aliphatic rings. The van der Waals surface area contributed by atoms with E-state index in [2.05, 4.69) is 33.8 Å². The van der Waals surface area contributed by atoms with Crippen molar-refractivity contribution in [1.29, 1.82) is 0 Å². The van der Waals surface area contributed by atoms with Crippen molar-refractivity contribution in [3.05, 3.63) is 156 Å². The molecule has 0 spiro atoms. The maximum Gasteiger partial charge on any atom is 0.256 e. The van der Waals surface area contributed by atoms with Crippen LogP contribution in [0, 0.1) is 6.42 Å². The second kappa shape index (κ2) is 13.7. The molecule has 2 atom stereocenters. The molecule has 9 heteroatoms. The van der Waals surface area contributed by atoms with Gasteiger partial charge in [0.15, 0.2) is 0 Å². The van der Waals surface area contributed by atoms with Gasteiger partial charge in [0.25, 0.3) is 5.91 Å². The number of aromatic nitrogens is 3. The van der Waals surface area contributed by atoms with Crippen molar-refractivity contribution in [2.45, 2.75) is 24.4 Å². The van der Waals surface area contributed by atoms with Gasteiger partial charge < -0.3 is 28.8 Å². The lowest BCUT2D eigenvalue weighted by Crippen LogP contribution is -2.35. The lowest BCUT2D eigenvalue weighted by atomic mass is 9.80. The smallest absolute Gasteiger partial charge is 0.256 e. The van der Waals surface area contributed by atoms with Crippen LogP contribution in [0.3, 0.4) is 0 Å². The van der Waals surface area contributed by atoms with Crippen LogP contribution in [0.1, 0.15) is 39.7 Å². The Labute approximate surface area is 279 Å². The fourth-order valence-electron chi connectivity index (χ4n) is 6.22. The predicted molar refractivity (Wildman–Crippen MR) is 183 cm³/mol. The monoisotopic (exact) mass is 639 g/mol. The predicted octanol–water partition coefficient (Wildman–Crippen LogP) is 7.20. The average molecular weight is 640 g/mol. The zero-order chi connectivity index (χ0) is 32.9. The topological polar surface area (TPSA) is 96.7 Å². The van der Waals surface area contributed by atoms with Gasteiger partial charge in [0.1, 0.15) is 41.1 Å². The first-order valence-electron chi connectivity index (χ1n) is 15.7. The quantitative estimate of drug-likeness (QED) is 0.150. The normalized spacial score (nSPS) is 16.1. The van der Waals surface area contributed by atoms with Crippen molar-refractivity contribution in [2.75, 3.05) is 26.1 Å².